The van der Waals surface area contributed by atoms with Crippen molar-refractivity contribution >= 4 is 28.3 Å². The second-order valence-electron chi connectivity index (χ2n) is 9.20. The van der Waals surface area contributed by atoms with Crippen LogP contribution in [0.5, 0.6) is 0 Å². The predicted molar refractivity (Wildman–Crippen MR) is 149 cm³/mol. The molecule has 1 aliphatic rings. The molecule has 2 heterocycles. The van der Waals surface area contributed by atoms with Gasteiger partial charge in [-0.1, -0.05) is 48.5 Å². The molecule has 1 unspecified atom stereocenters. The molecule has 3 aromatic carbocycles. The lowest BCUT2D eigenvalue weighted by atomic mass is 9.97. The van der Waals surface area contributed by atoms with Gasteiger partial charge in [-0.2, -0.15) is 0 Å². The van der Waals surface area contributed by atoms with Crippen molar-refractivity contribution in [3.05, 3.63) is 99.2 Å². The maximum absolute atomic E-state index is 13.8. The molecule has 1 aromatic heterocycles. The molecule has 0 radical (unpaired) electrons. The maximum atomic E-state index is 13.8. The summed E-state index contributed by atoms with van der Waals surface area (Å²) in [5.41, 5.74) is 0.0905. The predicted octanol–water partition coefficient (Wildman–Crippen LogP) is 4.17. The lowest BCUT2D eigenvalue weighted by Crippen LogP contribution is -2.40. The Morgan fingerprint density at radius 3 is 2.66 bits per heavy atom. The van der Waals surface area contributed by atoms with Crippen molar-refractivity contribution in [2.24, 2.45) is 6.98 Å². The zero-order valence-corrected chi connectivity index (χ0v) is 21.0. The summed E-state index contributed by atoms with van der Waals surface area (Å²) in [6, 6.07) is 8.17. The van der Waals surface area contributed by atoms with E-state index in [1.165, 1.54) is 12.1 Å². The van der Waals surface area contributed by atoms with Crippen molar-refractivity contribution < 1.29 is 24.2 Å². The third kappa shape index (κ3) is 4.92. The maximum Gasteiger partial charge on any atom is 0.262 e. The number of anilines is 2. The number of benzene rings is 3. The van der Waals surface area contributed by atoms with E-state index in [9.17, 15) is 14.7 Å². The van der Waals surface area contributed by atoms with Crippen LogP contribution in [-0.4, -0.2) is 46.7 Å². The number of para-hydroxylation sites is 1. The average Bonchev–Trinajstić information content (AvgIpc) is 3.02. The first-order valence-electron chi connectivity index (χ1n) is 15.8. The van der Waals surface area contributed by atoms with E-state index < -0.39 is 60.2 Å². The summed E-state index contributed by atoms with van der Waals surface area (Å²) in [5.74, 6) is -0.970. The van der Waals surface area contributed by atoms with E-state index in [2.05, 4.69) is 5.32 Å². The molecule has 0 saturated carbocycles. The second-order valence-corrected chi connectivity index (χ2v) is 9.20. The number of carbonyl (C=O) groups is 1. The number of aryl methyl sites for hydroxylation is 1. The Labute approximate surface area is 231 Å². The average molecular weight is 520 g/mol. The molecule has 1 aliphatic heterocycles. The minimum Gasteiger partial charge on any atom is -0.380 e. The Bertz CT molecular complexity index is 1840. The Kier molecular flexibility index (Phi) is 5.18. The fraction of sp³-hybridized carbons (Fsp3) is 0.300. The van der Waals surface area contributed by atoms with E-state index in [1.54, 1.807) is 49.1 Å². The molecule has 5 rings (SSSR count). The van der Waals surface area contributed by atoms with Crippen LogP contribution in [-0.2, 0) is 11.7 Å². The number of nitrogens with zero attached hydrogens (tertiary/aromatic N) is 3. The number of aliphatic hydroxyl groups excluding tert-OH is 1. The molecular weight excluding hydrogens is 480 g/mol. The van der Waals surface area contributed by atoms with E-state index >= 15 is 0 Å². The largest absolute Gasteiger partial charge is 0.380 e. The Morgan fingerprint density at radius 2 is 1.92 bits per heavy atom. The zero-order valence-electron chi connectivity index (χ0n) is 28.0. The van der Waals surface area contributed by atoms with Gasteiger partial charge in [0.05, 0.1) is 35.6 Å². The summed E-state index contributed by atoms with van der Waals surface area (Å²) in [5, 5.41) is 14.0. The standard InChI is InChI=1S/C30H32N4O4/c1-19-17-23(26-24(18-19)29(37)33(3)30(32-26)34-13-15-38-16-14-34)20(2)31-25-12-8-7-11-22(25)28(36)27(35)21-9-5-4-6-10-21/h4-12,17-18,20,27,31,35H,13-16H2,1-3H3/t20?,27-/m1/s1/i3D3,7D,8D,11D,12D. The summed E-state index contributed by atoms with van der Waals surface area (Å²) >= 11 is 0. The number of aliphatic hydroxyl groups is 1. The van der Waals surface area contributed by atoms with Gasteiger partial charge in [-0.15, -0.1) is 0 Å². The quantitative estimate of drug-likeness (QED) is 0.354. The first kappa shape index (κ1) is 18.3. The van der Waals surface area contributed by atoms with E-state index in [0.29, 0.717) is 42.0 Å². The number of fused-ring (bicyclic) bond motifs is 1. The number of hydrogen-bond acceptors (Lipinski definition) is 7. The number of carbonyl (C=O) groups excluding carboxylic acids is 1. The molecule has 0 amide bonds. The minimum absolute atomic E-state index is 0.0448. The number of rotatable bonds is 7. The molecule has 38 heavy (non-hydrogen) atoms. The topological polar surface area (TPSA) is 96.7 Å². The smallest absolute Gasteiger partial charge is 0.262 e. The Hall–Kier alpha value is -4.01. The fourth-order valence-corrected chi connectivity index (χ4v) is 4.58. The van der Waals surface area contributed by atoms with E-state index in [1.807, 2.05) is 0 Å². The van der Waals surface area contributed by atoms with Gasteiger partial charge in [0.2, 0.25) is 5.95 Å². The van der Waals surface area contributed by atoms with Crippen molar-refractivity contribution in [2.75, 3.05) is 36.5 Å². The third-order valence-corrected chi connectivity index (χ3v) is 6.55. The van der Waals surface area contributed by atoms with Crippen molar-refractivity contribution in [3.63, 3.8) is 0 Å². The third-order valence-electron chi connectivity index (χ3n) is 6.55. The Balaban J connectivity index is 1.68. The molecule has 0 aliphatic carbocycles. The summed E-state index contributed by atoms with van der Waals surface area (Å²) in [6.45, 7) is 1.86. The van der Waals surface area contributed by atoms with Crippen LogP contribution in [0.1, 0.15) is 55.7 Å². The Morgan fingerprint density at radius 1 is 1.18 bits per heavy atom. The highest BCUT2D eigenvalue weighted by Crippen LogP contribution is 2.30. The molecule has 2 N–H and O–H groups in total. The van der Waals surface area contributed by atoms with Gasteiger partial charge in [-0.3, -0.25) is 14.2 Å². The van der Waals surface area contributed by atoms with Gasteiger partial charge in [0.25, 0.3) is 5.56 Å². The number of ether oxygens (including phenoxy) is 1. The molecule has 1 saturated heterocycles. The van der Waals surface area contributed by atoms with Crippen molar-refractivity contribution in [2.45, 2.75) is 26.0 Å². The number of ketones is 1. The van der Waals surface area contributed by atoms with E-state index in [4.69, 9.17) is 19.3 Å². The van der Waals surface area contributed by atoms with Crippen molar-refractivity contribution in [3.8, 4) is 0 Å². The molecule has 1 fully saturated rings. The molecular formula is C30H32N4O4. The summed E-state index contributed by atoms with van der Waals surface area (Å²) < 4.78 is 64.0. The molecule has 8 nitrogen and oxygen atoms in total. The van der Waals surface area contributed by atoms with Gasteiger partial charge >= 0.3 is 0 Å². The van der Waals surface area contributed by atoms with Crippen LogP contribution >= 0.6 is 0 Å². The van der Waals surface area contributed by atoms with E-state index in [-0.39, 0.29) is 28.1 Å². The normalized spacial score (nSPS) is 18.3. The number of Topliss-reactive ketones (excluding diaryl/α,β-unsaturated/α-hetero) is 1. The van der Waals surface area contributed by atoms with Gasteiger partial charge in [0.15, 0.2) is 5.78 Å². The number of nitrogens with one attached hydrogen (secondary N) is 1. The molecule has 4 aromatic rings. The highest BCUT2D eigenvalue weighted by Gasteiger charge is 2.24. The van der Waals surface area contributed by atoms with E-state index in [0.717, 1.165) is 0 Å². The fourth-order valence-electron chi connectivity index (χ4n) is 4.58. The van der Waals surface area contributed by atoms with Gasteiger partial charge in [-0.25, -0.2) is 4.98 Å². The summed E-state index contributed by atoms with van der Waals surface area (Å²) in [6.07, 6.45) is -1.70. The minimum atomic E-state index is -2.82. The van der Waals surface area contributed by atoms with Crippen LogP contribution in [0.15, 0.2) is 71.4 Å². The van der Waals surface area contributed by atoms with Crippen LogP contribution in [0.2, 0.25) is 0 Å². The van der Waals surface area contributed by atoms with Gasteiger partial charge in [0.1, 0.15) is 6.10 Å². The second kappa shape index (κ2) is 10.8. The number of aromatic nitrogens is 2. The monoisotopic (exact) mass is 519 g/mol. The zero-order chi connectivity index (χ0) is 32.8. The van der Waals surface area contributed by atoms with Gasteiger partial charge in [0, 0.05) is 41.0 Å². The molecule has 0 bridgehead atoms. The number of hydrogen-bond donors (Lipinski definition) is 2. The lowest BCUT2D eigenvalue weighted by Gasteiger charge is -2.29. The summed E-state index contributed by atoms with van der Waals surface area (Å²) in [7, 11) is 0. The number of morpholine rings is 1. The molecule has 0 spiro atoms. The van der Waals surface area contributed by atoms with Crippen molar-refractivity contribution in [1.29, 1.82) is 0 Å². The van der Waals surface area contributed by atoms with Crippen LogP contribution in [0.25, 0.3) is 10.9 Å². The van der Waals surface area contributed by atoms with Crippen LogP contribution < -0.4 is 15.8 Å². The molecule has 8 heteroatoms. The van der Waals surface area contributed by atoms with Crippen LogP contribution in [0, 0.1) is 6.92 Å². The van der Waals surface area contributed by atoms with Crippen LogP contribution in [0.3, 0.4) is 0 Å². The van der Waals surface area contributed by atoms with Gasteiger partial charge in [-0.05, 0) is 43.1 Å². The highest BCUT2D eigenvalue weighted by atomic mass is 16.5. The summed E-state index contributed by atoms with van der Waals surface area (Å²) in [4.78, 5) is 33.8. The first-order valence-corrected chi connectivity index (χ1v) is 12.3. The van der Waals surface area contributed by atoms with Crippen LogP contribution in [0.4, 0.5) is 11.6 Å². The SMILES string of the molecule is [2H]c1c([2H])c([2H])c(C(=O)[C@H](O)c2ccccc2)c(NC(C)c2cc(C)cc3c(=O)n(C([2H])([2H])[2H])c(N4CCOCC4)nc23)c1[2H]. The van der Waals surface area contributed by atoms with Crippen molar-refractivity contribution in [1.82, 2.24) is 9.55 Å². The lowest BCUT2D eigenvalue weighted by molar-refractivity contribution is 0.0748. The molecule has 2 atom stereocenters. The highest BCUT2D eigenvalue weighted by molar-refractivity contribution is 6.04. The molecule has 196 valence electrons. The van der Waals surface area contributed by atoms with Gasteiger partial charge < -0.3 is 20.1 Å². The first-order chi connectivity index (χ1) is 21.2.